The summed E-state index contributed by atoms with van der Waals surface area (Å²) in [6.07, 6.45) is 4.01. The minimum Gasteiger partial charge on any atom is -0.379 e. The van der Waals surface area contributed by atoms with Crippen molar-refractivity contribution in [3.8, 4) is 5.69 Å². The van der Waals surface area contributed by atoms with E-state index in [0.717, 1.165) is 35.3 Å². The van der Waals surface area contributed by atoms with Gasteiger partial charge in [-0.05, 0) is 60.5 Å². The Bertz CT molecular complexity index is 1630. The van der Waals surface area contributed by atoms with Crippen LogP contribution in [0.3, 0.4) is 0 Å². The van der Waals surface area contributed by atoms with E-state index in [1.54, 1.807) is 18.6 Å². The van der Waals surface area contributed by atoms with Gasteiger partial charge in [-0.15, -0.1) is 10.2 Å². The summed E-state index contributed by atoms with van der Waals surface area (Å²) in [6, 6.07) is 8.61. The molecule has 0 atom stereocenters. The molecule has 0 N–H and O–H groups in total. The summed E-state index contributed by atoms with van der Waals surface area (Å²) in [6.45, 7) is 3.15. The first kappa shape index (κ1) is 24.6. The molecule has 2 aliphatic heterocycles. The molecule has 0 unspecified atom stereocenters. The van der Waals surface area contributed by atoms with Gasteiger partial charge in [-0.3, -0.25) is 13.9 Å². The number of aryl methyl sites for hydroxylation is 1. The van der Waals surface area contributed by atoms with E-state index < -0.39 is 17.4 Å². The molecule has 0 radical (unpaired) electrons. The SMILES string of the molecule is Cn1cnnc1CC1(c2cccc(-n3cc4c(C(F)(F)F)cc(CN5CCC6(CC6)C5)cn4c3=O)c2)COC1. The van der Waals surface area contributed by atoms with Crippen molar-refractivity contribution in [1.82, 2.24) is 28.6 Å². The van der Waals surface area contributed by atoms with Crippen molar-refractivity contribution in [2.75, 3.05) is 26.3 Å². The molecule has 1 spiro atoms. The number of alkyl halides is 3. The lowest BCUT2D eigenvalue weighted by Gasteiger charge is -2.41. The summed E-state index contributed by atoms with van der Waals surface area (Å²) >= 11 is 0. The van der Waals surface area contributed by atoms with Crippen LogP contribution in [0.15, 0.2) is 53.8 Å². The summed E-state index contributed by atoms with van der Waals surface area (Å²) in [4.78, 5) is 15.8. The molecule has 0 amide bonds. The number of imidazole rings is 1. The number of fused-ring (bicyclic) bond motifs is 1. The molecule has 7 rings (SSSR count). The number of benzene rings is 1. The van der Waals surface area contributed by atoms with Gasteiger partial charge in [0.2, 0.25) is 0 Å². The van der Waals surface area contributed by atoms with Crippen LogP contribution in [-0.4, -0.2) is 54.9 Å². The van der Waals surface area contributed by atoms with Crippen LogP contribution in [0.4, 0.5) is 13.2 Å². The molecular weight excluding hydrogens is 509 g/mol. The van der Waals surface area contributed by atoms with E-state index in [-0.39, 0.29) is 10.9 Å². The smallest absolute Gasteiger partial charge is 0.379 e. The van der Waals surface area contributed by atoms with Crippen molar-refractivity contribution >= 4 is 5.52 Å². The average Bonchev–Trinajstić information content (AvgIpc) is 3.15. The summed E-state index contributed by atoms with van der Waals surface area (Å²) < 4.78 is 52.5. The van der Waals surface area contributed by atoms with Crippen molar-refractivity contribution in [3.63, 3.8) is 0 Å². The number of hydrogen-bond acceptors (Lipinski definition) is 5. The third kappa shape index (κ3) is 4.19. The third-order valence-corrected chi connectivity index (χ3v) is 8.80. The highest BCUT2D eigenvalue weighted by Crippen LogP contribution is 2.52. The van der Waals surface area contributed by atoms with Gasteiger partial charge in [-0.1, -0.05) is 12.1 Å². The molecule has 1 aromatic carbocycles. The number of aromatic nitrogens is 5. The molecule has 2 saturated heterocycles. The fourth-order valence-corrected chi connectivity index (χ4v) is 6.22. The Balaban J connectivity index is 1.27. The first-order chi connectivity index (χ1) is 18.6. The van der Waals surface area contributed by atoms with E-state index in [1.165, 1.54) is 29.7 Å². The highest BCUT2D eigenvalue weighted by atomic mass is 19.4. The Morgan fingerprint density at radius 3 is 2.56 bits per heavy atom. The Morgan fingerprint density at radius 1 is 1.10 bits per heavy atom. The number of ether oxygens (including phenoxy) is 1. The van der Waals surface area contributed by atoms with Gasteiger partial charge in [0, 0.05) is 44.4 Å². The minimum absolute atomic E-state index is 0.150. The van der Waals surface area contributed by atoms with Gasteiger partial charge >= 0.3 is 11.9 Å². The standard InChI is InChI=1S/C28H29F3N6O2/c1-34-18-32-33-24(34)11-27(16-39-17-27)20-3-2-4-21(10-20)36-14-23-22(28(29,30)31)9-19(13-37(23)25(36)38)12-35-8-7-26(15-35)5-6-26/h2-4,9-10,13-14,18H,5-8,11-12,15-17H2,1H3. The maximum Gasteiger partial charge on any atom is 0.418 e. The van der Waals surface area contributed by atoms with Crippen LogP contribution in [0.5, 0.6) is 0 Å². The topological polar surface area (TPSA) is 69.6 Å². The van der Waals surface area contributed by atoms with E-state index in [9.17, 15) is 18.0 Å². The lowest BCUT2D eigenvalue weighted by atomic mass is 9.75. The predicted octanol–water partition coefficient (Wildman–Crippen LogP) is 3.73. The van der Waals surface area contributed by atoms with Crippen LogP contribution in [-0.2, 0) is 36.3 Å². The van der Waals surface area contributed by atoms with Crippen LogP contribution in [0.2, 0.25) is 0 Å². The van der Waals surface area contributed by atoms with Gasteiger partial charge in [0.15, 0.2) is 0 Å². The molecule has 5 heterocycles. The quantitative estimate of drug-likeness (QED) is 0.374. The van der Waals surface area contributed by atoms with E-state index in [1.807, 2.05) is 29.8 Å². The molecule has 0 bridgehead atoms. The van der Waals surface area contributed by atoms with Crippen LogP contribution >= 0.6 is 0 Å². The molecule has 4 aromatic rings. The molecule has 3 aromatic heterocycles. The van der Waals surface area contributed by atoms with Crippen molar-refractivity contribution in [2.45, 2.75) is 43.8 Å². The zero-order chi connectivity index (χ0) is 27.0. The molecule has 204 valence electrons. The van der Waals surface area contributed by atoms with Gasteiger partial charge in [0.1, 0.15) is 12.2 Å². The number of rotatable bonds is 6. The zero-order valence-electron chi connectivity index (χ0n) is 21.6. The highest BCUT2D eigenvalue weighted by molar-refractivity contribution is 5.58. The second-order valence-electron chi connectivity index (χ2n) is 11.6. The highest BCUT2D eigenvalue weighted by Gasteiger charge is 2.47. The van der Waals surface area contributed by atoms with E-state index in [0.29, 0.717) is 42.8 Å². The minimum atomic E-state index is -4.59. The average molecular weight is 539 g/mol. The van der Waals surface area contributed by atoms with E-state index >= 15 is 0 Å². The number of halogens is 3. The lowest BCUT2D eigenvalue weighted by Crippen LogP contribution is -2.49. The second-order valence-corrected chi connectivity index (χ2v) is 11.6. The van der Waals surface area contributed by atoms with E-state index in [2.05, 4.69) is 15.1 Å². The van der Waals surface area contributed by atoms with Gasteiger partial charge in [-0.2, -0.15) is 13.2 Å². The predicted molar refractivity (Wildman–Crippen MR) is 137 cm³/mol. The van der Waals surface area contributed by atoms with Crippen LogP contribution in [0.1, 0.15) is 41.8 Å². The van der Waals surface area contributed by atoms with Gasteiger partial charge < -0.3 is 9.30 Å². The summed E-state index contributed by atoms with van der Waals surface area (Å²) in [7, 11) is 1.88. The third-order valence-electron chi connectivity index (χ3n) is 8.80. The first-order valence-electron chi connectivity index (χ1n) is 13.2. The molecule has 11 heteroatoms. The Hall–Kier alpha value is -3.44. The molecule has 3 aliphatic rings. The molecule has 8 nitrogen and oxygen atoms in total. The molecule has 3 fully saturated rings. The van der Waals surface area contributed by atoms with Crippen molar-refractivity contribution < 1.29 is 17.9 Å². The van der Waals surface area contributed by atoms with Crippen LogP contribution < -0.4 is 5.69 Å². The monoisotopic (exact) mass is 538 g/mol. The first-order valence-corrected chi connectivity index (χ1v) is 13.2. The normalized spacial score (nSPS) is 20.1. The largest absolute Gasteiger partial charge is 0.418 e. The van der Waals surface area contributed by atoms with Gasteiger partial charge in [0.05, 0.1) is 30.0 Å². The van der Waals surface area contributed by atoms with Crippen LogP contribution in [0.25, 0.3) is 11.2 Å². The van der Waals surface area contributed by atoms with Crippen molar-refractivity contribution in [2.24, 2.45) is 12.5 Å². The Morgan fingerprint density at radius 2 is 1.92 bits per heavy atom. The maximum atomic E-state index is 14.2. The summed E-state index contributed by atoms with van der Waals surface area (Å²) in [5.74, 6) is 0.809. The number of pyridine rings is 1. The lowest BCUT2D eigenvalue weighted by molar-refractivity contribution is -0.136. The maximum absolute atomic E-state index is 14.2. The molecule has 1 aliphatic carbocycles. The fourth-order valence-electron chi connectivity index (χ4n) is 6.22. The molecular formula is C28H29F3N6O2. The van der Waals surface area contributed by atoms with Gasteiger partial charge in [-0.25, -0.2) is 4.79 Å². The van der Waals surface area contributed by atoms with Crippen molar-refractivity contribution in [3.05, 3.63) is 82.1 Å². The van der Waals surface area contributed by atoms with E-state index in [4.69, 9.17) is 4.74 Å². The number of likely N-dealkylation sites (tertiary alicyclic amines) is 1. The second kappa shape index (κ2) is 8.53. The molecule has 1 saturated carbocycles. The fraction of sp³-hybridized carbons (Fsp3) is 0.464. The number of nitrogens with zero attached hydrogens (tertiary/aromatic N) is 6. The number of hydrogen-bond donors (Lipinski definition) is 0. The van der Waals surface area contributed by atoms with Gasteiger partial charge in [0.25, 0.3) is 0 Å². The van der Waals surface area contributed by atoms with Crippen LogP contribution in [0, 0.1) is 5.41 Å². The van der Waals surface area contributed by atoms with Crippen molar-refractivity contribution in [1.29, 1.82) is 0 Å². The Labute approximate surface area is 222 Å². The zero-order valence-corrected chi connectivity index (χ0v) is 21.6. The Kier molecular flexibility index (Phi) is 5.38. The summed E-state index contributed by atoms with van der Waals surface area (Å²) in [5.41, 5.74) is 0.501. The molecule has 39 heavy (non-hydrogen) atoms. The summed E-state index contributed by atoms with van der Waals surface area (Å²) in [5, 5.41) is 8.17.